The summed E-state index contributed by atoms with van der Waals surface area (Å²) in [5, 5.41) is 0. The average molecular weight is 1360 g/mol. The van der Waals surface area contributed by atoms with Crippen molar-refractivity contribution < 1.29 is 42.1 Å². The van der Waals surface area contributed by atoms with Gasteiger partial charge in [0.05, 0.1) is 27.7 Å². The standard InChI is InChI=1S/C86H150NO8P/c1-6-8-10-12-14-16-18-20-22-24-26-28-30-32-34-36-38-39-40-41-42-43-44-45-46-47-49-50-52-54-56-58-60-62-64-66-68-70-72-74-76-78-85(88)92-82-84(83-94-96(90,91)93-81-80-87(3,4)5)95-86(89)79-77-75-73-71-69-67-65-63-61-59-57-55-53-51-48-37-35-33-31-29-27-25-23-21-19-17-15-13-11-9-7-2/h9,11,15,17-18,20-21,23-24,26-27,29-30,32-33,35,48,51,55,57,61,63,84H,6-8,10,12-14,16,19,22,25,28,31,34,36-47,49-50,52-54,56,58-60,62,64-83H2,1-5H3/p+1/b11-9-,17-15-,20-18-,23-21-,26-24-,29-27-,32-30-,35-33-,51-48-,57-55-,63-61-. The molecule has 9 nitrogen and oxygen atoms in total. The van der Waals surface area contributed by atoms with Crippen molar-refractivity contribution in [3.63, 3.8) is 0 Å². The topological polar surface area (TPSA) is 108 Å². The van der Waals surface area contributed by atoms with Gasteiger partial charge in [-0.3, -0.25) is 18.6 Å². The summed E-state index contributed by atoms with van der Waals surface area (Å²) in [5.41, 5.74) is 0. The Kier molecular flexibility index (Phi) is 72.3. The zero-order valence-electron chi connectivity index (χ0n) is 63.1. The number of nitrogens with zero attached hydrogens (tertiary/aromatic N) is 1. The fraction of sp³-hybridized carbons (Fsp3) is 0.721. The van der Waals surface area contributed by atoms with Crippen LogP contribution in [-0.2, 0) is 32.7 Å². The number of hydrogen-bond donors (Lipinski definition) is 1. The van der Waals surface area contributed by atoms with Crippen LogP contribution in [0.1, 0.15) is 348 Å². The molecular formula is C86H151NO8P+. The van der Waals surface area contributed by atoms with E-state index in [1.807, 2.05) is 21.1 Å². The maximum Gasteiger partial charge on any atom is 0.472 e. The average Bonchev–Trinajstić information content (AvgIpc) is 1.97. The molecule has 0 bridgehead atoms. The third-order valence-corrected chi connectivity index (χ3v) is 18.1. The molecule has 0 saturated heterocycles. The Morgan fingerprint density at radius 2 is 0.594 bits per heavy atom. The van der Waals surface area contributed by atoms with Gasteiger partial charge in [-0.15, -0.1) is 0 Å². The van der Waals surface area contributed by atoms with Gasteiger partial charge in [0, 0.05) is 12.8 Å². The van der Waals surface area contributed by atoms with Crippen molar-refractivity contribution in [3.8, 4) is 0 Å². The van der Waals surface area contributed by atoms with Crippen LogP contribution in [0.4, 0.5) is 0 Å². The van der Waals surface area contributed by atoms with Crippen LogP contribution in [0.3, 0.4) is 0 Å². The van der Waals surface area contributed by atoms with Gasteiger partial charge in [0.1, 0.15) is 19.8 Å². The van der Waals surface area contributed by atoms with Crippen LogP contribution in [0.25, 0.3) is 0 Å². The van der Waals surface area contributed by atoms with Gasteiger partial charge in [0.25, 0.3) is 0 Å². The molecular weight excluding hydrogens is 1210 g/mol. The molecule has 0 aromatic heterocycles. The number of hydrogen-bond acceptors (Lipinski definition) is 7. The third-order valence-electron chi connectivity index (χ3n) is 17.2. The number of ether oxygens (including phenoxy) is 2. The molecule has 2 unspecified atom stereocenters. The van der Waals surface area contributed by atoms with Gasteiger partial charge in [-0.1, -0.05) is 353 Å². The molecule has 0 aliphatic rings. The number of unbranched alkanes of at least 4 members (excludes halogenated alkanes) is 37. The fourth-order valence-corrected chi connectivity index (χ4v) is 11.8. The van der Waals surface area contributed by atoms with Crippen molar-refractivity contribution in [2.45, 2.75) is 354 Å². The molecule has 552 valence electrons. The van der Waals surface area contributed by atoms with Gasteiger partial charge in [0.2, 0.25) is 0 Å². The Balaban J connectivity index is 3.98. The SMILES string of the molecule is CC/C=C\C/C=C\C/C=C\C/C=C\C/C=C\C/C=C\C/C=C\C/C=C\CCCCCCCCC(=O)OC(COC(=O)CCCCCCCCCCCCCCCCCCCCCCCCCCCC/C=C\C/C=C\C/C=C\CCCCCCC)COP(=O)(O)OCC[N+](C)(C)C. The van der Waals surface area contributed by atoms with Crippen LogP contribution in [-0.4, -0.2) is 74.9 Å². The lowest BCUT2D eigenvalue weighted by atomic mass is 10.0. The minimum atomic E-state index is -4.41. The number of carbonyl (C=O) groups is 2. The molecule has 0 aliphatic carbocycles. The van der Waals surface area contributed by atoms with Crippen LogP contribution in [0, 0.1) is 0 Å². The predicted octanol–water partition coefficient (Wildman–Crippen LogP) is 26.7. The van der Waals surface area contributed by atoms with Gasteiger partial charge in [-0.25, -0.2) is 4.57 Å². The monoisotopic (exact) mass is 1360 g/mol. The first kappa shape index (κ1) is 92.2. The molecule has 1 N–H and O–H groups in total. The summed E-state index contributed by atoms with van der Waals surface area (Å²) >= 11 is 0. The molecule has 10 heteroatoms. The smallest absolute Gasteiger partial charge is 0.462 e. The van der Waals surface area contributed by atoms with E-state index in [1.165, 1.54) is 193 Å². The van der Waals surface area contributed by atoms with Crippen molar-refractivity contribution in [2.75, 3.05) is 47.5 Å². The summed E-state index contributed by atoms with van der Waals surface area (Å²) in [6.07, 6.45) is 110. The van der Waals surface area contributed by atoms with Crippen LogP contribution in [0.15, 0.2) is 134 Å². The molecule has 0 aromatic rings. The number of likely N-dealkylation sites (N-methyl/N-ethyl adjacent to an activating group) is 1. The fourth-order valence-electron chi connectivity index (χ4n) is 11.1. The van der Waals surface area contributed by atoms with E-state index in [9.17, 15) is 19.0 Å². The minimum absolute atomic E-state index is 0.0237. The molecule has 2 atom stereocenters. The first-order valence-corrected chi connectivity index (χ1v) is 41.4. The first-order valence-electron chi connectivity index (χ1n) is 39.9. The molecule has 0 radical (unpaired) electrons. The number of phosphoric ester groups is 1. The maximum absolute atomic E-state index is 12.9. The molecule has 0 aromatic carbocycles. The molecule has 0 heterocycles. The van der Waals surface area contributed by atoms with E-state index in [1.54, 1.807) is 0 Å². The molecule has 0 rings (SSSR count). The summed E-state index contributed by atoms with van der Waals surface area (Å²) in [4.78, 5) is 36.0. The summed E-state index contributed by atoms with van der Waals surface area (Å²) in [5.74, 6) is -0.809. The molecule has 0 amide bonds. The number of rotatable bonds is 73. The van der Waals surface area contributed by atoms with Crippen LogP contribution in [0.2, 0.25) is 0 Å². The number of allylic oxidation sites excluding steroid dienone is 22. The Labute approximate surface area is 593 Å². The zero-order chi connectivity index (χ0) is 69.7. The van der Waals surface area contributed by atoms with E-state index in [2.05, 4.69) is 148 Å². The highest BCUT2D eigenvalue weighted by Gasteiger charge is 2.27. The predicted molar refractivity (Wildman–Crippen MR) is 417 cm³/mol. The zero-order valence-corrected chi connectivity index (χ0v) is 64.0. The van der Waals surface area contributed by atoms with Crippen molar-refractivity contribution in [3.05, 3.63) is 134 Å². The molecule has 0 fully saturated rings. The van der Waals surface area contributed by atoms with Gasteiger partial charge < -0.3 is 18.9 Å². The van der Waals surface area contributed by atoms with Crippen molar-refractivity contribution in [1.29, 1.82) is 0 Å². The van der Waals surface area contributed by atoms with Gasteiger partial charge in [-0.2, -0.15) is 0 Å². The highest BCUT2D eigenvalue weighted by molar-refractivity contribution is 7.47. The molecule has 0 spiro atoms. The van der Waals surface area contributed by atoms with Crippen LogP contribution < -0.4 is 0 Å². The lowest BCUT2D eigenvalue weighted by molar-refractivity contribution is -0.870. The minimum Gasteiger partial charge on any atom is -0.462 e. The lowest BCUT2D eigenvalue weighted by Crippen LogP contribution is -2.37. The Morgan fingerprint density at radius 3 is 0.885 bits per heavy atom. The van der Waals surface area contributed by atoms with E-state index in [4.69, 9.17) is 18.5 Å². The highest BCUT2D eigenvalue weighted by Crippen LogP contribution is 2.43. The van der Waals surface area contributed by atoms with Crippen molar-refractivity contribution >= 4 is 19.8 Å². The normalized spacial score (nSPS) is 13.8. The van der Waals surface area contributed by atoms with E-state index >= 15 is 0 Å². The van der Waals surface area contributed by atoms with Gasteiger partial charge in [0.15, 0.2) is 6.10 Å². The van der Waals surface area contributed by atoms with Crippen molar-refractivity contribution in [1.82, 2.24) is 0 Å². The Bertz CT molecular complexity index is 2090. The molecule has 0 aliphatic heterocycles. The van der Waals surface area contributed by atoms with Gasteiger partial charge in [-0.05, 0) is 116 Å². The second-order valence-electron chi connectivity index (χ2n) is 27.7. The largest absolute Gasteiger partial charge is 0.472 e. The maximum atomic E-state index is 12.9. The second kappa shape index (κ2) is 75.4. The summed E-state index contributed by atoms with van der Waals surface area (Å²) in [6, 6.07) is 0. The Morgan fingerprint density at radius 1 is 0.333 bits per heavy atom. The number of carbonyl (C=O) groups excluding carboxylic acids is 2. The number of quaternary nitrogens is 1. The van der Waals surface area contributed by atoms with Crippen LogP contribution in [0.5, 0.6) is 0 Å². The van der Waals surface area contributed by atoms with E-state index in [0.717, 1.165) is 122 Å². The van der Waals surface area contributed by atoms with Gasteiger partial charge >= 0.3 is 19.8 Å². The number of esters is 2. The van der Waals surface area contributed by atoms with E-state index < -0.39 is 26.5 Å². The lowest BCUT2D eigenvalue weighted by Gasteiger charge is -2.24. The van der Waals surface area contributed by atoms with E-state index in [-0.39, 0.29) is 32.0 Å². The molecule has 0 saturated carbocycles. The van der Waals surface area contributed by atoms with Crippen LogP contribution >= 0.6 is 7.82 Å². The first-order chi connectivity index (χ1) is 47.0. The number of phosphoric acid groups is 1. The highest BCUT2D eigenvalue weighted by atomic mass is 31.2. The summed E-state index contributed by atoms with van der Waals surface area (Å²) < 4.78 is 34.8. The van der Waals surface area contributed by atoms with Crippen molar-refractivity contribution in [2.24, 2.45) is 0 Å². The molecule has 96 heavy (non-hydrogen) atoms. The van der Waals surface area contributed by atoms with E-state index in [0.29, 0.717) is 17.4 Å². The summed E-state index contributed by atoms with van der Waals surface area (Å²) in [6.45, 7) is 4.31. The second-order valence-corrected chi connectivity index (χ2v) is 29.2. The quantitative estimate of drug-likeness (QED) is 0.0211. The summed E-state index contributed by atoms with van der Waals surface area (Å²) in [7, 11) is 1.46. The third kappa shape index (κ3) is 79.1. The Hall–Kier alpha value is -3.85.